The van der Waals surface area contributed by atoms with E-state index >= 15 is 0 Å². The molecule has 1 unspecified atom stereocenters. The van der Waals surface area contributed by atoms with Gasteiger partial charge in [0.25, 0.3) is 0 Å². The van der Waals surface area contributed by atoms with Crippen LogP contribution in [0.15, 0.2) is 0 Å². The van der Waals surface area contributed by atoms with E-state index in [4.69, 9.17) is 5.73 Å². The molecule has 0 radical (unpaired) electrons. The molecule has 0 aromatic carbocycles. The van der Waals surface area contributed by atoms with E-state index in [9.17, 15) is 4.79 Å². The van der Waals surface area contributed by atoms with Crippen LogP contribution < -0.4 is 5.73 Å². The van der Waals surface area contributed by atoms with Crippen LogP contribution in [-0.2, 0) is 4.79 Å². The molecule has 0 fully saturated rings. The third-order valence-electron chi connectivity index (χ3n) is 1.73. The standard InChI is InChI=1S/C7H15NO/c1-4-5(2)7(8)6(3)9/h5,7H,4,8H2,1-3H3/t5-,7?/m1/s1. The molecule has 0 aliphatic heterocycles. The molecule has 2 nitrogen and oxygen atoms in total. The molecule has 0 spiro atoms. The summed E-state index contributed by atoms with van der Waals surface area (Å²) in [7, 11) is 0. The first kappa shape index (κ1) is 8.63. The van der Waals surface area contributed by atoms with Crippen LogP contribution in [0.4, 0.5) is 0 Å². The average Bonchev–Trinajstić information content (AvgIpc) is 1.84. The molecule has 0 saturated carbocycles. The number of nitrogens with two attached hydrogens (primary N) is 1. The Morgan fingerprint density at radius 1 is 1.67 bits per heavy atom. The fraction of sp³-hybridized carbons (Fsp3) is 0.857. The molecule has 0 saturated heterocycles. The smallest absolute Gasteiger partial charge is 0.146 e. The molecule has 9 heavy (non-hydrogen) atoms. The first-order valence-corrected chi connectivity index (χ1v) is 3.35. The molecule has 0 aromatic heterocycles. The lowest BCUT2D eigenvalue weighted by atomic mass is 9.97. The molecular weight excluding hydrogens is 114 g/mol. The van der Waals surface area contributed by atoms with Gasteiger partial charge in [0.05, 0.1) is 6.04 Å². The molecule has 0 amide bonds. The van der Waals surface area contributed by atoms with Crippen molar-refractivity contribution in [2.45, 2.75) is 33.2 Å². The summed E-state index contributed by atoms with van der Waals surface area (Å²) >= 11 is 0. The number of Topliss-reactive ketones (excluding diaryl/α,β-unsaturated/α-hetero) is 1. The summed E-state index contributed by atoms with van der Waals surface area (Å²) in [4.78, 5) is 10.6. The van der Waals surface area contributed by atoms with E-state index in [0.717, 1.165) is 6.42 Å². The molecule has 0 aliphatic rings. The van der Waals surface area contributed by atoms with Gasteiger partial charge in [0.15, 0.2) is 0 Å². The Hall–Kier alpha value is -0.370. The van der Waals surface area contributed by atoms with E-state index in [1.165, 1.54) is 6.92 Å². The van der Waals surface area contributed by atoms with Crippen molar-refractivity contribution in [1.29, 1.82) is 0 Å². The van der Waals surface area contributed by atoms with Gasteiger partial charge in [-0.05, 0) is 12.8 Å². The number of rotatable bonds is 3. The van der Waals surface area contributed by atoms with Crippen molar-refractivity contribution in [2.24, 2.45) is 11.7 Å². The largest absolute Gasteiger partial charge is 0.321 e. The number of carbonyl (C=O) groups is 1. The molecule has 54 valence electrons. The lowest BCUT2D eigenvalue weighted by Crippen LogP contribution is -2.34. The second kappa shape index (κ2) is 3.62. The van der Waals surface area contributed by atoms with Crippen molar-refractivity contribution in [3.63, 3.8) is 0 Å². The van der Waals surface area contributed by atoms with Crippen LogP contribution in [-0.4, -0.2) is 11.8 Å². The molecule has 2 N–H and O–H groups in total. The van der Waals surface area contributed by atoms with Crippen LogP contribution in [0.2, 0.25) is 0 Å². The van der Waals surface area contributed by atoms with Crippen LogP contribution in [0, 0.1) is 5.92 Å². The number of ketones is 1. The minimum atomic E-state index is -0.255. The summed E-state index contributed by atoms with van der Waals surface area (Å²) in [6.45, 7) is 5.57. The number of hydrogen-bond acceptors (Lipinski definition) is 2. The summed E-state index contributed by atoms with van der Waals surface area (Å²) in [5, 5.41) is 0. The lowest BCUT2D eigenvalue weighted by molar-refractivity contribution is -0.119. The topological polar surface area (TPSA) is 43.1 Å². The highest BCUT2D eigenvalue weighted by Gasteiger charge is 2.14. The Kier molecular flexibility index (Phi) is 3.47. The van der Waals surface area contributed by atoms with E-state index in [1.807, 2.05) is 13.8 Å². The van der Waals surface area contributed by atoms with Gasteiger partial charge in [0, 0.05) is 0 Å². The quantitative estimate of drug-likeness (QED) is 0.616. The maximum atomic E-state index is 10.6. The van der Waals surface area contributed by atoms with E-state index in [-0.39, 0.29) is 11.8 Å². The van der Waals surface area contributed by atoms with Crippen LogP contribution >= 0.6 is 0 Å². The number of carbonyl (C=O) groups excluding carboxylic acids is 1. The lowest BCUT2D eigenvalue weighted by Gasteiger charge is -2.13. The zero-order chi connectivity index (χ0) is 7.44. The molecule has 2 atom stereocenters. The zero-order valence-corrected chi connectivity index (χ0v) is 6.35. The summed E-state index contributed by atoms with van der Waals surface area (Å²) in [6, 6.07) is -0.255. The summed E-state index contributed by atoms with van der Waals surface area (Å²) in [5.41, 5.74) is 5.52. The SMILES string of the molecule is CC[C@@H](C)C(N)C(C)=O. The highest BCUT2D eigenvalue weighted by molar-refractivity contribution is 5.81. The Morgan fingerprint density at radius 3 is 2.22 bits per heavy atom. The van der Waals surface area contributed by atoms with Gasteiger partial charge in [-0.2, -0.15) is 0 Å². The third kappa shape index (κ3) is 2.61. The summed E-state index contributed by atoms with van der Waals surface area (Å²) < 4.78 is 0. The average molecular weight is 129 g/mol. The second-order valence-corrected chi connectivity index (χ2v) is 2.52. The van der Waals surface area contributed by atoms with Crippen LogP contribution in [0.3, 0.4) is 0 Å². The predicted octanol–water partition coefficient (Wildman–Crippen LogP) is 0.949. The molecule has 0 aliphatic carbocycles. The molecular formula is C7H15NO. The molecule has 0 aromatic rings. The monoisotopic (exact) mass is 129 g/mol. The van der Waals surface area contributed by atoms with Crippen LogP contribution in [0.5, 0.6) is 0 Å². The number of hydrogen-bond donors (Lipinski definition) is 1. The van der Waals surface area contributed by atoms with Crippen molar-refractivity contribution >= 4 is 5.78 Å². The van der Waals surface area contributed by atoms with Gasteiger partial charge in [-0.1, -0.05) is 20.3 Å². The van der Waals surface area contributed by atoms with Crippen LogP contribution in [0.25, 0.3) is 0 Å². The Morgan fingerprint density at radius 2 is 2.11 bits per heavy atom. The van der Waals surface area contributed by atoms with Gasteiger partial charge in [-0.25, -0.2) is 0 Å². The predicted molar refractivity (Wildman–Crippen MR) is 38.1 cm³/mol. The van der Waals surface area contributed by atoms with Crippen molar-refractivity contribution < 1.29 is 4.79 Å². The van der Waals surface area contributed by atoms with Crippen molar-refractivity contribution in [1.82, 2.24) is 0 Å². The molecule has 0 bridgehead atoms. The fourth-order valence-electron chi connectivity index (χ4n) is 0.655. The minimum absolute atomic E-state index is 0.0874. The third-order valence-corrected chi connectivity index (χ3v) is 1.73. The maximum Gasteiger partial charge on any atom is 0.146 e. The Labute approximate surface area is 56.4 Å². The van der Waals surface area contributed by atoms with Gasteiger partial charge >= 0.3 is 0 Å². The van der Waals surface area contributed by atoms with Crippen molar-refractivity contribution in [3.8, 4) is 0 Å². The maximum absolute atomic E-state index is 10.6. The summed E-state index contributed by atoms with van der Waals surface area (Å²) in [6.07, 6.45) is 0.973. The van der Waals surface area contributed by atoms with Crippen molar-refractivity contribution in [3.05, 3.63) is 0 Å². The van der Waals surface area contributed by atoms with Gasteiger partial charge < -0.3 is 5.73 Å². The molecule has 0 rings (SSSR count). The van der Waals surface area contributed by atoms with E-state index in [2.05, 4.69) is 0 Å². The molecule has 0 heterocycles. The Balaban J connectivity index is 3.72. The van der Waals surface area contributed by atoms with Crippen LogP contribution in [0.1, 0.15) is 27.2 Å². The zero-order valence-electron chi connectivity index (χ0n) is 6.35. The van der Waals surface area contributed by atoms with Gasteiger partial charge in [-0.15, -0.1) is 0 Å². The van der Waals surface area contributed by atoms with E-state index in [0.29, 0.717) is 5.92 Å². The minimum Gasteiger partial charge on any atom is -0.321 e. The second-order valence-electron chi connectivity index (χ2n) is 2.52. The van der Waals surface area contributed by atoms with Gasteiger partial charge in [0.1, 0.15) is 5.78 Å². The molecule has 2 heteroatoms. The first-order chi connectivity index (χ1) is 4.09. The summed E-state index contributed by atoms with van der Waals surface area (Å²) in [5.74, 6) is 0.409. The van der Waals surface area contributed by atoms with Gasteiger partial charge in [0.2, 0.25) is 0 Å². The van der Waals surface area contributed by atoms with E-state index < -0.39 is 0 Å². The fourth-order valence-corrected chi connectivity index (χ4v) is 0.655. The van der Waals surface area contributed by atoms with Crippen molar-refractivity contribution in [2.75, 3.05) is 0 Å². The Bertz CT molecular complexity index is 101. The van der Waals surface area contributed by atoms with E-state index in [1.54, 1.807) is 0 Å². The highest BCUT2D eigenvalue weighted by atomic mass is 16.1. The van der Waals surface area contributed by atoms with Gasteiger partial charge in [-0.3, -0.25) is 4.79 Å². The first-order valence-electron chi connectivity index (χ1n) is 3.35. The highest BCUT2D eigenvalue weighted by Crippen LogP contribution is 2.04. The normalized spacial score (nSPS) is 16.9.